The van der Waals surface area contributed by atoms with E-state index in [1.54, 1.807) is 0 Å². The zero-order chi connectivity index (χ0) is 13.7. The van der Waals surface area contributed by atoms with E-state index in [0.29, 0.717) is 5.92 Å². The molecule has 1 fully saturated rings. The molecule has 0 aliphatic carbocycles. The number of hydrogen-bond acceptors (Lipinski definition) is 2. The molecule has 1 aromatic rings. The fourth-order valence-electron chi connectivity index (χ4n) is 2.74. The highest BCUT2D eigenvalue weighted by Gasteiger charge is 2.21. The molecule has 0 saturated carbocycles. The number of rotatable bonds is 5. The first kappa shape index (κ1) is 14.0. The fourth-order valence-corrected chi connectivity index (χ4v) is 2.74. The van der Waals surface area contributed by atoms with E-state index < -0.39 is 5.97 Å². The summed E-state index contributed by atoms with van der Waals surface area (Å²) in [7, 11) is 0. The minimum atomic E-state index is -0.751. The van der Waals surface area contributed by atoms with Crippen LogP contribution in [0, 0.1) is 11.7 Å². The molecule has 1 N–H and O–H groups in total. The van der Waals surface area contributed by atoms with Gasteiger partial charge in [0.05, 0.1) is 6.54 Å². The van der Waals surface area contributed by atoms with Gasteiger partial charge in [0.2, 0.25) is 0 Å². The normalized spacial score (nSPS) is 20.4. The number of carboxylic acid groups (broad SMARTS) is 1. The van der Waals surface area contributed by atoms with Gasteiger partial charge in [0, 0.05) is 6.54 Å². The summed E-state index contributed by atoms with van der Waals surface area (Å²) in [5, 5.41) is 8.81. The third kappa shape index (κ3) is 4.63. The molecule has 0 aromatic heterocycles. The molecule has 19 heavy (non-hydrogen) atoms. The Morgan fingerprint density at radius 3 is 2.79 bits per heavy atom. The van der Waals surface area contributed by atoms with Gasteiger partial charge in [-0.15, -0.1) is 0 Å². The summed E-state index contributed by atoms with van der Waals surface area (Å²) in [6, 6.07) is 6.64. The van der Waals surface area contributed by atoms with Crippen LogP contribution in [0.15, 0.2) is 24.3 Å². The summed E-state index contributed by atoms with van der Waals surface area (Å²) in [6.07, 6.45) is 4.21. The Morgan fingerprint density at radius 2 is 2.11 bits per heavy atom. The highest BCUT2D eigenvalue weighted by molar-refractivity contribution is 5.69. The lowest BCUT2D eigenvalue weighted by molar-refractivity contribution is -0.138. The van der Waals surface area contributed by atoms with Gasteiger partial charge in [-0.1, -0.05) is 12.1 Å². The molecule has 1 saturated heterocycles. The van der Waals surface area contributed by atoms with Crippen molar-refractivity contribution in [3.8, 4) is 0 Å². The lowest BCUT2D eigenvalue weighted by atomic mass is 9.91. The molecule has 0 radical (unpaired) electrons. The lowest BCUT2D eigenvalue weighted by Crippen LogP contribution is -2.38. The molecule has 3 nitrogen and oxygen atoms in total. The van der Waals surface area contributed by atoms with Gasteiger partial charge >= 0.3 is 5.97 Å². The number of aliphatic carboxylic acids is 1. The second-order valence-electron chi connectivity index (χ2n) is 5.30. The fraction of sp³-hybridized carbons (Fsp3) is 0.533. The van der Waals surface area contributed by atoms with Crippen molar-refractivity contribution in [2.75, 3.05) is 19.6 Å². The molecule has 4 heteroatoms. The molecule has 1 unspecified atom stereocenters. The van der Waals surface area contributed by atoms with Gasteiger partial charge in [0.1, 0.15) is 5.82 Å². The number of piperidine rings is 1. The lowest BCUT2D eigenvalue weighted by Gasteiger charge is -2.31. The van der Waals surface area contributed by atoms with Crippen LogP contribution in [0.25, 0.3) is 0 Å². The van der Waals surface area contributed by atoms with E-state index in [4.69, 9.17) is 5.11 Å². The van der Waals surface area contributed by atoms with Crippen LogP contribution in [-0.2, 0) is 11.2 Å². The molecule has 0 spiro atoms. The second kappa shape index (κ2) is 6.66. The standard InChI is InChI=1S/C15H20FNO2/c16-14-7-5-12(6-8-14)3-4-13-2-1-9-17(10-13)11-15(18)19/h5-8,13H,1-4,9-11H2,(H,18,19). The predicted molar refractivity (Wildman–Crippen MR) is 71.5 cm³/mol. The van der Waals surface area contributed by atoms with E-state index in [0.717, 1.165) is 44.3 Å². The van der Waals surface area contributed by atoms with E-state index in [9.17, 15) is 9.18 Å². The van der Waals surface area contributed by atoms with E-state index in [1.807, 2.05) is 17.0 Å². The summed E-state index contributed by atoms with van der Waals surface area (Å²) >= 11 is 0. The average Bonchev–Trinajstić information content (AvgIpc) is 2.38. The zero-order valence-corrected chi connectivity index (χ0v) is 11.0. The minimum absolute atomic E-state index is 0.146. The number of nitrogens with zero attached hydrogens (tertiary/aromatic N) is 1. The summed E-state index contributed by atoms with van der Waals surface area (Å²) in [6.45, 7) is 1.90. The Morgan fingerprint density at radius 1 is 1.37 bits per heavy atom. The minimum Gasteiger partial charge on any atom is -0.480 e. The maximum Gasteiger partial charge on any atom is 0.317 e. The molecule has 0 amide bonds. The second-order valence-corrected chi connectivity index (χ2v) is 5.30. The van der Waals surface area contributed by atoms with Gasteiger partial charge < -0.3 is 5.11 Å². The van der Waals surface area contributed by atoms with Crippen molar-refractivity contribution in [2.24, 2.45) is 5.92 Å². The topological polar surface area (TPSA) is 40.5 Å². The number of aryl methyl sites for hydroxylation is 1. The summed E-state index contributed by atoms with van der Waals surface area (Å²) < 4.78 is 12.8. The monoisotopic (exact) mass is 265 g/mol. The van der Waals surface area contributed by atoms with Crippen LogP contribution in [0.3, 0.4) is 0 Å². The first-order valence-corrected chi connectivity index (χ1v) is 6.82. The molecule has 2 rings (SSSR count). The van der Waals surface area contributed by atoms with Crippen molar-refractivity contribution in [1.29, 1.82) is 0 Å². The number of carbonyl (C=O) groups is 1. The maximum atomic E-state index is 12.8. The highest BCUT2D eigenvalue weighted by Crippen LogP contribution is 2.21. The number of benzene rings is 1. The summed E-state index contributed by atoms with van der Waals surface area (Å²) in [4.78, 5) is 12.7. The van der Waals surface area contributed by atoms with Crippen LogP contribution in [0.2, 0.25) is 0 Å². The van der Waals surface area contributed by atoms with Crippen molar-refractivity contribution in [1.82, 2.24) is 4.90 Å². The Balaban J connectivity index is 1.79. The van der Waals surface area contributed by atoms with Crippen LogP contribution in [0.5, 0.6) is 0 Å². The summed E-state index contributed by atoms with van der Waals surface area (Å²) in [5.41, 5.74) is 1.15. The van der Waals surface area contributed by atoms with Crippen LogP contribution >= 0.6 is 0 Å². The number of carboxylic acids is 1. The highest BCUT2D eigenvalue weighted by atomic mass is 19.1. The van der Waals surface area contributed by atoms with Crippen molar-refractivity contribution < 1.29 is 14.3 Å². The van der Waals surface area contributed by atoms with Crippen molar-refractivity contribution >= 4 is 5.97 Å². The van der Waals surface area contributed by atoms with E-state index in [2.05, 4.69) is 0 Å². The Hall–Kier alpha value is -1.42. The van der Waals surface area contributed by atoms with Crippen molar-refractivity contribution in [3.63, 3.8) is 0 Å². The molecular weight excluding hydrogens is 245 g/mol. The predicted octanol–water partition coefficient (Wildman–Crippen LogP) is 2.55. The maximum absolute atomic E-state index is 12.8. The van der Waals surface area contributed by atoms with Gasteiger partial charge in [-0.3, -0.25) is 9.69 Å². The number of hydrogen-bond donors (Lipinski definition) is 1. The van der Waals surface area contributed by atoms with Crippen LogP contribution in [-0.4, -0.2) is 35.6 Å². The number of halogens is 1. The van der Waals surface area contributed by atoms with Crippen molar-refractivity contribution in [3.05, 3.63) is 35.6 Å². The van der Waals surface area contributed by atoms with Gasteiger partial charge in [-0.05, 0) is 55.8 Å². The number of likely N-dealkylation sites (tertiary alicyclic amines) is 1. The first-order chi connectivity index (χ1) is 9.13. The SMILES string of the molecule is O=C(O)CN1CCCC(CCc2ccc(F)cc2)C1. The zero-order valence-electron chi connectivity index (χ0n) is 11.0. The van der Waals surface area contributed by atoms with Gasteiger partial charge in [0.15, 0.2) is 0 Å². The molecule has 1 atom stereocenters. The van der Waals surface area contributed by atoms with Crippen LogP contribution < -0.4 is 0 Å². The Labute approximate surface area is 113 Å². The third-order valence-corrected chi connectivity index (χ3v) is 3.72. The molecule has 1 aliphatic heterocycles. The molecule has 0 bridgehead atoms. The molecular formula is C15H20FNO2. The van der Waals surface area contributed by atoms with E-state index >= 15 is 0 Å². The van der Waals surface area contributed by atoms with Gasteiger partial charge in [-0.2, -0.15) is 0 Å². The summed E-state index contributed by atoms with van der Waals surface area (Å²) in [5.74, 6) is -0.397. The quantitative estimate of drug-likeness (QED) is 0.889. The smallest absolute Gasteiger partial charge is 0.317 e. The molecule has 1 aliphatic rings. The average molecular weight is 265 g/mol. The van der Waals surface area contributed by atoms with Gasteiger partial charge in [-0.25, -0.2) is 4.39 Å². The van der Waals surface area contributed by atoms with Crippen LogP contribution in [0.1, 0.15) is 24.8 Å². The van der Waals surface area contributed by atoms with E-state index in [1.165, 1.54) is 12.1 Å². The van der Waals surface area contributed by atoms with E-state index in [-0.39, 0.29) is 12.4 Å². The van der Waals surface area contributed by atoms with Gasteiger partial charge in [0.25, 0.3) is 0 Å². The molecule has 104 valence electrons. The van der Waals surface area contributed by atoms with Crippen molar-refractivity contribution in [2.45, 2.75) is 25.7 Å². The molecule has 1 aromatic carbocycles. The first-order valence-electron chi connectivity index (χ1n) is 6.82. The third-order valence-electron chi connectivity index (χ3n) is 3.72. The molecule has 1 heterocycles. The Bertz CT molecular complexity index is 419. The Kier molecular flexibility index (Phi) is 4.91. The largest absolute Gasteiger partial charge is 0.480 e. The van der Waals surface area contributed by atoms with Crippen LogP contribution in [0.4, 0.5) is 4.39 Å².